The molecular weight excluding hydrogens is 194 g/mol. The van der Waals surface area contributed by atoms with Crippen LogP contribution in [0.3, 0.4) is 0 Å². The predicted octanol–water partition coefficient (Wildman–Crippen LogP) is 0.664. The number of nitrogens with one attached hydrogen (secondary N) is 1. The minimum Gasteiger partial charge on any atom is -0.394 e. The van der Waals surface area contributed by atoms with Gasteiger partial charge in [0.25, 0.3) is 0 Å². The zero-order valence-electron chi connectivity index (χ0n) is 8.33. The highest BCUT2D eigenvalue weighted by Gasteiger charge is 2.17. The van der Waals surface area contributed by atoms with Gasteiger partial charge in [-0.05, 0) is 6.92 Å². The molecule has 1 atom stereocenters. The standard InChI is InChI=1S/C8H16F2N2O2/c1-3-12(2)8(14)11-6(5-13)4-7(9)10/h6-7,13H,3-5H2,1-2H3,(H,11,14). The van der Waals surface area contributed by atoms with Crippen LogP contribution in [0.4, 0.5) is 13.6 Å². The van der Waals surface area contributed by atoms with Crippen LogP contribution in [0.25, 0.3) is 0 Å². The van der Waals surface area contributed by atoms with Crippen molar-refractivity contribution in [3.8, 4) is 0 Å². The van der Waals surface area contributed by atoms with Gasteiger partial charge in [-0.3, -0.25) is 0 Å². The number of nitrogens with zero attached hydrogens (tertiary/aromatic N) is 1. The predicted molar refractivity (Wildman–Crippen MR) is 48.3 cm³/mol. The molecule has 0 aromatic carbocycles. The van der Waals surface area contributed by atoms with Crippen molar-refractivity contribution in [3.63, 3.8) is 0 Å². The molecule has 0 saturated heterocycles. The van der Waals surface area contributed by atoms with Gasteiger partial charge in [-0.2, -0.15) is 0 Å². The van der Waals surface area contributed by atoms with E-state index >= 15 is 0 Å². The van der Waals surface area contributed by atoms with Crippen LogP contribution < -0.4 is 5.32 Å². The van der Waals surface area contributed by atoms with E-state index in [1.54, 1.807) is 14.0 Å². The Morgan fingerprint density at radius 2 is 2.14 bits per heavy atom. The number of alkyl halides is 2. The number of hydrogen-bond acceptors (Lipinski definition) is 2. The number of aliphatic hydroxyl groups is 1. The Hall–Kier alpha value is -0.910. The molecule has 14 heavy (non-hydrogen) atoms. The minimum absolute atomic E-state index is 0.452. The van der Waals surface area contributed by atoms with Gasteiger partial charge in [-0.25, -0.2) is 13.6 Å². The van der Waals surface area contributed by atoms with Gasteiger partial charge in [0.2, 0.25) is 6.43 Å². The monoisotopic (exact) mass is 210 g/mol. The lowest BCUT2D eigenvalue weighted by Crippen LogP contribution is -2.45. The van der Waals surface area contributed by atoms with Gasteiger partial charge < -0.3 is 15.3 Å². The van der Waals surface area contributed by atoms with Crippen molar-refractivity contribution in [3.05, 3.63) is 0 Å². The molecule has 0 fully saturated rings. The van der Waals surface area contributed by atoms with E-state index in [2.05, 4.69) is 5.32 Å². The van der Waals surface area contributed by atoms with Crippen molar-refractivity contribution >= 4 is 6.03 Å². The van der Waals surface area contributed by atoms with Gasteiger partial charge in [0.05, 0.1) is 12.6 Å². The van der Waals surface area contributed by atoms with E-state index < -0.39 is 31.5 Å². The van der Waals surface area contributed by atoms with Crippen molar-refractivity contribution in [1.82, 2.24) is 10.2 Å². The Labute approximate surface area is 81.9 Å². The second-order valence-electron chi connectivity index (χ2n) is 2.97. The number of amides is 2. The Balaban J connectivity index is 3.98. The number of hydrogen-bond donors (Lipinski definition) is 2. The van der Waals surface area contributed by atoms with Crippen LogP contribution in [0.15, 0.2) is 0 Å². The molecule has 2 N–H and O–H groups in total. The summed E-state index contributed by atoms with van der Waals surface area (Å²) in [5, 5.41) is 11.0. The summed E-state index contributed by atoms with van der Waals surface area (Å²) in [7, 11) is 1.55. The lowest BCUT2D eigenvalue weighted by molar-refractivity contribution is 0.104. The van der Waals surface area contributed by atoms with E-state index in [1.807, 2.05) is 0 Å². The van der Waals surface area contributed by atoms with E-state index in [0.717, 1.165) is 0 Å². The van der Waals surface area contributed by atoms with E-state index in [4.69, 9.17) is 5.11 Å². The highest BCUT2D eigenvalue weighted by atomic mass is 19.3. The summed E-state index contributed by atoms with van der Waals surface area (Å²) < 4.78 is 23.9. The van der Waals surface area contributed by atoms with Gasteiger partial charge in [0, 0.05) is 20.0 Å². The molecule has 0 spiro atoms. The molecule has 4 nitrogen and oxygen atoms in total. The van der Waals surface area contributed by atoms with Gasteiger partial charge in [-0.15, -0.1) is 0 Å². The normalized spacial score (nSPS) is 12.7. The molecular formula is C8H16F2N2O2. The average molecular weight is 210 g/mol. The fourth-order valence-corrected chi connectivity index (χ4v) is 0.823. The average Bonchev–Trinajstić information content (AvgIpc) is 2.14. The Morgan fingerprint density at radius 1 is 1.57 bits per heavy atom. The molecule has 0 aliphatic heterocycles. The summed E-state index contributed by atoms with van der Waals surface area (Å²) in [4.78, 5) is 12.5. The third kappa shape index (κ3) is 4.96. The summed E-state index contributed by atoms with van der Waals surface area (Å²) >= 11 is 0. The van der Waals surface area contributed by atoms with Crippen LogP contribution in [0.5, 0.6) is 0 Å². The number of rotatable bonds is 5. The molecule has 0 rings (SSSR count). The van der Waals surface area contributed by atoms with Crippen molar-refractivity contribution in [2.45, 2.75) is 25.8 Å². The molecule has 0 aliphatic rings. The first-order chi connectivity index (χ1) is 6.51. The molecule has 84 valence electrons. The second-order valence-corrected chi connectivity index (χ2v) is 2.97. The fraction of sp³-hybridized carbons (Fsp3) is 0.875. The van der Waals surface area contributed by atoms with E-state index in [9.17, 15) is 13.6 Å². The van der Waals surface area contributed by atoms with Crippen molar-refractivity contribution in [2.75, 3.05) is 20.2 Å². The van der Waals surface area contributed by atoms with Gasteiger partial charge in [0.1, 0.15) is 0 Å². The molecule has 0 radical (unpaired) electrons. The van der Waals surface area contributed by atoms with E-state index in [-0.39, 0.29) is 0 Å². The molecule has 2 amide bonds. The van der Waals surface area contributed by atoms with Crippen LogP contribution in [-0.4, -0.2) is 48.7 Å². The fourth-order valence-electron chi connectivity index (χ4n) is 0.823. The summed E-state index contributed by atoms with van der Waals surface area (Å²) in [6.07, 6.45) is -3.06. The molecule has 0 bridgehead atoms. The topological polar surface area (TPSA) is 52.6 Å². The number of carbonyl (C=O) groups excluding carboxylic acids is 1. The van der Waals surface area contributed by atoms with E-state index in [1.165, 1.54) is 4.90 Å². The minimum atomic E-state index is -2.53. The number of carbonyl (C=O) groups is 1. The molecule has 1 unspecified atom stereocenters. The lowest BCUT2D eigenvalue weighted by Gasteiger charge is -2.20. The number of urea groups is 1. The third-order valence-corrected chi connectivity index (χ3v) is 1.83. The highest BCUT2D eigenvalue weighted by Crippen LogP contribution is 2.03. The third-order valence-electron chi connectivity index (χ3n) is 1.83. The number of halogens is 2. The smallest absolute Gasteiger partial charge is 0.317 e. The van der Waals surface area contributed by atoms with Gasteiger partial charge >= 0.3 is 6.03 Å². The zero-order valence-corrected chi connectivity index (χ0v) is 8.33. The SMILES string of the molecule is CCN(C)C(=O)NC(CO)CC(F)F. The van der Waals surface area contributed by atoms with Crippen LogP contribution >= 0.6 is 0 Å². The molecule has 0 aromatic rings. The van der Waals surface area contributed by atoms with E-state index in [0.29, 0.717) is 6.54 Å². The summed E-state index contributed by atoms with van der Waals surface area (Å²) in [5.74, 6) is 0. The van der Waals surface area contributed by atoms with Crippen LogP contribution in [0, 0.1) is 0 Å². The van der Waals surface area contributed by atoms with Gasteiger partial charge in [-0.1, -0.05) is 0 Å². The summed E-state index contributed by atoms with van der Waals surface area (Å²) in [6.45, 7) is 1.77. The first-order valence-corrected chi connectivity index (χ1v) is 4.41. The molecule has 0 aromatic heterocycles. The first kappa shape index (κ1) is 13.1. The highest BCUT2D eigenvalue weighted by molar-refractivity contribution is 5.74. The molecule has 6 heteroatoms. The maximum atomic E-state index is 11.9. The molecule has 0 heterocycles. The first-order valence-electron chi connectivity index (χ1n) is 4.41. The van der Waals surface area contributed by atoms with Crippen molar-refractivity contribution < 1.29 is 18.7 Å². The maximum absolute atomic E-state index is 11.9. The lowest BCUT2D eigenvalue weighted by atomic mass is 10.2. The molecule has 0 saturated carbocycles. The van der Waals surface area contributed by atoms with Crippen molar-refractivity contribution in [1.29, 1.82) is 0 Å². The largest absolute Gasteiger partial charge is 0.394 e. The Morgan fingerprint density at radius 3 is 2.50 bits per heavy atom. The molecule has 0 aliphatic carbocycles. The summed E-state index contributed by atoms with van der Waals surface area (Å²) in [5.41, 5.74) is 0. The zero-order chi connectivity index (χ0) is 11.1. The maximum Gasteiger partial charge on any atom is 0.317 e. The Kier molecular flexibility index (Phi) is 6.11. The number of aliphatic hydroxyl groups excluding tert-OH is 1. The van der Waals surface area contributed by atoms with Crippen molar-refractivity contribution in [2.24, 2.45) is 0 Å². The Bertz CT molecular complexity index is 179. The second kappa shape index (κ2) is 6.53. The van der Waals surface area contributed by atoms with Crippen LogP contribution in [-0.2, 0) is 0 Å². The van der Waals surface area contributed by atoms with Crippen LogP contribution in [0.2, 0.25) is 0 Å². The quantitative estimate of drug-likeness (QED) is 0.700. The van der Waals surface area contributed by atoms with Crippen LogP contribution in [0.1, 0.15) is 13.3 Å². The van der Waals surface area contributed by atoms with Gasteiger partial charge in [0.15, 0.2) is 0 Å². The summed E-state index contributed by atoms with van der Waals surface area (Å²) in [6, 6.07) is -1.33.